The Morgan fingerprint density at radius 1 is 1.73 bits per heavy atom. The number of unbranched alkanes of at least 4 members (excludes halogenated alkanes) is 1. The van der Waals surface area contributed by atoms with Crippen molar-refractivity contribution in [3.63, 3.8) is 0 Å². The number of carbonyl (C=O) groups excluding carboxylic acids is 1. The van der Waals surface area contributed by atoms with Crippen LogP contribution in [0.4, 0.5) is 0 Å². The van der Waals surface area contributed by atoms with Crippen LogP contribution >= 0.6 is 0 Å². The van der Waals surface area contributed by atoms with Crippen molar-refractivity contribution in [3.8, 4) is 0 Å². The minimum atomic E-state index is -0.186. The first kappa shape index (κ1) is 8.27. The van der Waals surface area contributed by atoms with Crippen molar-refractivity contribution in [2.24, 2.45) is 0 Å². The van der Waals surface area contributed by atoms with E-state index < -0.39 is 0 Å². The Morgan fingerprint density at radius 2 is 2.55 bits per heavy atom. The molecule has 0 saturated heterocycles. The van der Waals surface area contributed by atoms with Gasteiger partial charge in [-0.1, -0.05) is 13.3 Å². The van der Waals surface area contributed by atoms with Crippen LogP contribution in [0.1, 0.15) is 19.8 Å². The summed E-state index contributed by atoms with van der Waals surface area (Å²) in [6, 6.07) is 0. The molecule has 3 heteroatoms. The molecule has 0 saturated carbocycles. The number of carbonyl (C=O) groups is 1. The van der Waals surface area contributed by atoms with Crippen LogP contribution in [0.15, 0.2) is 12.2 Å². The van der Waals surface area contributed by atoms with E-state index in [-0.39, 0.29) is 12.1 Å². The quantitative estimate of drug-likeness (QED) is 0.610. The molecule has 1 aliphatic rings. The molecule has 11 heavy (non-hydrogen) atoms. The fraction of sp³-hybridized carbons (Fsp3) is 0.625. The summed E-state index contributed by atoms with van der Waals surface area (Å²) in [6.45, 7) is 2.82. The standard InChI is InChI=1S/C8H13NO2/c1-2-3-6-11-8-5-4-7(10)9-8/h4-5,8H,2-3,6H2,1H3,(H,9,10). The van der Waals surface area contributed by atoms with Gasteiger partial charge in [-0.25, -0.2) is 0 Å². The number of rotatable bonds is 4. The predicted octanol–water partition coefficient (Wildman–Crippen LogP) is 0.815. The summed E-state index contributed by atoms with van der Waals surface area (Å²) in [5.41, 5.74) is 0. The molecule has 0 bridgehead atoms. The molecule has 1 unspecified atom stereocenters. The van der Waals surface area contributed by atoms with E-state index in [0.717, 1.165) is 12.8 Å². The van der Waals surface area contributed by atoms with Gasteiger partial charge in [-0.05, 0) is 12.5 Å². The molecule has 1 rings (SSSR count). The summed E-state index contributed by atoms with van der Waals surface area (Å²) in [5, 5.41) is 2.64. The minimum Gasteiger partial charge on any atom is -0.355 e. The van der Waals surface area contributed by atoms with Gasteiger partial charge in [0.05, 0.1) is 0 Å². The van der Waals surface area contributed by atoms with Crippen LogP contribution < -0.4 is 5.32 Å². The third-order valence-electron chi connectivity index (χ3n) is 1.50. The van der Waals surface area contributed by atoms with Gasteiger partial charge in [-0.15, -0.1) is 0 Å². The average Bonchev–Trinajstić information content (AvgIpc) is 2.37. The summed E-state index contributed by atoms with van der Waals surface area (Å²) in [5.74, 6) is -0.0634. The maximum absolute atomic E-state index is 10.6. The first-order chi connectivity index (χ1) is 5.33. The lowest BCUT2D eigenvalue weighted by atomic mass is 10.4. The van der Waals surface area contributed by atoms with Gasteiger partial charge >= 0.3 is 0 Å². The van der Waals surface area contributed by atoms with Crippen molar-refractivity contribution in [2.45, 2.75) is 26.0 Å². The van der Waals surface area contributed by atoms with Crippen LogP contribution in [0.2, 0.25) is 0 Å². The Bertz CT molecular complexity index is 165. The highest BCUT2D eigenvalue weighted by Crippen LogP contribution is 1.99. The van der Waals surface area contributed by atoms with E-state index in [2.05, 4.69) is 12.2 Å². The number of hydrogen-bond donors (Lipinski definition) is 1. The molecule has 0 aromatic carbocycles. The fourth-order valence-corrected chi connectivity index (χ4v) is 0.863. The van der Waals surface area contributed by atoms with Crippen molar-refractivity contribution >= 4 is 5.91 Å². The number of ether oxygens (including phenoxy) is 1. The Kier molecular flexibility index (Phi) is 3.11. The second kappa shape index (κ2) is 4.13. The van der Waals surface area contributed by atoms with Crippen LogP contribution in [0.5, 0.6) is 0 Å². The highest BCUT2D eigenvalue weighted by atomic mass is 16.5. The summed E-state index contributed by atoms with van der Waals surface area (Å²) in [4.78, 5) is 10.6. The monoisotopic (exact) mass is 155 g/mol. The van der Waals surface area contributed by atoms with Crippen molar-refractivity contribution in [1.29, 1.82) is 0 Å². The zero-order chi connectivity index (χ0) is 8.10. The van der Waals surface area contributed by atoms with Crippen LogP contribution in [0.3, 0.4) is 0 Å². The molecule has 62 valence electrons. The first-order valence-electron chi connectivity index (χ1n) is 3.93. The van der Waals surface area contributed by atoms with Gasteiger partial charge in [-0.3, -0.25) is 4.79 Å². The Balaban J connectivity index is 2.09. The Labute approximate surface area is 66.4 Å². The molecule has 0 radical (unpaired) electrons. The van der Waals surface area contributed by atoms with Crippen molar-refractivity contribution in [2.75, 3.05) is 6.61 Å². The van der Waals surface area contributed by atoms with E-state index >= 15 is 0 Å². The second-order valence-electron chi connectivity index (χ2n) is 2.51. The summed E-state index contributed by atoms with van der Waals surface area (Å²) in [6.07, 6.45) is 5.20. The third-order valence-corrected chi connectivity index (χ3v) is 1.50. The molecule has 0 aromatic rings. The zero-order valence-corrected chi connectivity index (χ0v) is 6.67. The molecule has 3 nitrogen and oxygen atoms in total. The molecular weight excluding hydrogens is 142 g/mol. The molecule has 0 spiro atoms. The lowest BCUT2D eigenvalue weighted by Crippen LogP contribution is -2.29. The average molecular weight is 155 g/mol. The SMILES string of the molecule is CCCCOC1C=CC(=O)N1. The number of nitrogens with one attached hydrogen (secondary N) is 1. The van der Waals surface area contributed by atoms with E-state index in [1.165, 1.54) is 6.08 Å². The highest BCUT2D eigenvalue weighted by Gasteiger charge is 2.12. The van der Waals surface area contributed by atoms with Gasteiger partial charge in [-0.2, -0.15) is 0 Å². The largest absolute Gasteiger partial charge is 0.355 e. The fourth-order valence-electron chi connectivity index (χ4n) is 0.863. The Hall–Kier alpha value is -0.830. The highest BCUT2D eigenvalue weighted by molar-refractivity contribution is 5.90. The molecule has 0 fully saturated rings. The van der Waals surface area contributed by atoms with Gasteiger partial charge in [0, 0.05) is 12.7 Å². The maximum Gasteiger partial charge on any atom is 0.246 e. The summed E-state index contributed by atoms with van der Waals surface area (Å²) in [7, 11) is 0. The van der Waals surface area contributed by atoms with Crippen molar-refractivity contribution < 1.29 is 9.53 Å². The molecule has 0 aliphatic carbocycles. The second-order valence-corrected chi connectivity index (χ2v) is 2.51. The molecule has 1 amide bonds. The summed E-state index contributed by atoms with van der Waals surface area (Å²) >= 11 is 0. The number of hydrogen-bond acceptors (Lipinski definition) is 2. The van der Waals surface area contributed by atoms with Gasteiger partial charge in [0.2, 0.25) is 5.91 Å². The lowest BCUT2D eigenvalue weighted by Gasteiger charge is -2.09. The normalized spacial score (nSPS) is 22.3. The molecule has 1 atom stereocenters. The zero-order valence-electron chi connectivity index (χ0n) is 6.67. The van der Waals surface area contributed by atoms with Gasteiger partial charge in [0.1, 0.15) is 6.23 Å². The molecular formula is C8H13NO2. The van der Waals surface area contributed by atoms with Gasteiger partial charge < -0.3 is 10.1 Å². The topological polar surface area (TPSA) is 38.3 Å². The molecule has 1 heterocycles. The minimum absolute atomic E-state index is 0.0634. The van der Waals surface area contributed by atoms with Crippen LogP contribution in [-0.2, 0) is 9.53 Å². The molecule has 1 aliphatic heterocycles. The van der Waals surface area contributed by atoms with E-state index in [0.29, 0.717) is 6.61 Å². The molecule has 0 aromatic heterocycles. The van der Waals surface area contributed by atoms with Crippen molar-refractivity contribution in [1.82, 2.24) is 5.32 Å². The van der Waals surface area contributed by atoms with E-state index in [9.17, 15) is 4.79 Å². The summed E-state index contributed by atoms with van der Waals surface area (Å²) < 4.78 is 5.30. The molecule has 1 N–H and O–H groups in total. The lowest BCUT2D eigenvalue weighted by molar-refractivity contribution is -0.118. The van der Waals surface area contributed by atoms with E-state index in [1.807, 2.05) is 0 Å². The van der Waals surface area contributed by atoms with Crippen LogP contribution in [-0.4, -0.2) is 18.7 Å². The maximum atomic E-state index is 10.6. The first-order valence-corrected chi connectivity index (χ1v) is 3.93. The third kappa shape index (κ3) is 2.72. The van der Waals surface area contributed by atoms with Crippen LogP contribution in [0.25, 0.3) is 0 Å². The van der Waals surface area contributed by atoms with Crippen molar-refractivity contribution in [3.05, 3.63) is 12.2 Å². The van der Waals surface area contributed by atoms with E-state index in [4.69, 9.17) is 4.74 Å². The smallest absolute Gasteiger partial charge is 0.246 e. The van der Waals surface area contributed by atoms with E-state index in [1.54, 1.807) is 6.08 Å². The van der Waals surface area contributed by atoms with Crippen LogP contribution in [0, 0.1) is 0 Å². The number of amides is 1. The van der Waals surface area contributed by atoms with Gasteiger partial charge in [0.25, 0.3) is 0 Å². The Morgan fingerprint density at radius 3 is 3.09 bits per heavy atom. The van der Waals surface area contributed by atoms with Gasteiger partial charge in [0.15, 0.2) is 0 Å². The predicted molar refractivity (Wildman–Crippen MR) is 41.9 cm³/mol.